The summed E-state index contributed by atoms with van der Waals surface area (Å²) in [5, 5.41) is 18.9. The first kappa shape index (κ1) is 18.0. The molecule has 6 nitrogen and oxygen atoms in total. The molecule has 0 atom stereocenters. The van der Waals surface area contributed by atoms with Crippen LogP contribution in [0.3, 0.4) is 0 Å². The minimum absolute atomic E-state index is 0.101. The third-order valence-corrected chi connectivity index (χ3v) is 4.95. The van der Waals surface area contributed by atoms with Gasteiger partial charge in [-0.1, -0.05) is 36.0 Å². The molecule has 0 aliphatic rings. The van der Waals surface area contributed by atoms with Gasteiger partial charge in [-0.25, -0.2) is 0 Å². The van der Waals surface area contributed by atoms with Crippen molar-refractivity contribution in [2.75, 3.05) is 11.1 Å². The van der Waals surface area contributed by atoms with E-state index in [-0.39, 0.29) is 12.3 Å². The van der Waals surface area contributed by atoms with Crippen molar-refractivity contribution in [3.05, 3.63) is 59.7 Å². The molecule has 0 saturated carbocycles. The molecule has 0 aliphatic heterocycles. The van der Waals surface area contributed by atoms with Crippen LogP contribution in [0.15, 0.2) is 58.1 Å². The predicted molar refractivity (Wildman–Crippen MR) is 97.4 cm³/mol. The van der Waals surface area contributed by atoms with E-state index in [2.05, 4.69) is 10.6 Å². The lowest BCUT2D eigenvalue weighted by atomic mass is 10.1. The van der Waals surface area contributed by atoms with Gasteiger partial charge in [0, 0.05) is 30.0 Å². The maximum Gasteiger partial charge on any atom is 0.297 e. The first-order valence-electron chi connectivity index (χ1n) is 8.19. The predicted octanol–water partition coefficient (Wildman–Crippen LogP) is 2.76. The van der Waals surface area contributed by atoms with Crippen molar-refractivity contribution in [2.45, 2.75) is 25.3 Å². The topological polar surface area (TPSA) is 82.1 Å². The first-order chi connectivity index (χ1) is 12.5. The van der Waals surface area contributed by atoms with E-state index in [4.69, 9.17) is 4.52 Å². The van der Waals surface area contributed by atoms with Crippen LogP contribution in [0.1, 0.15) is 17.5 Å². The van der Waals surface area contributed by atoms with E-state index in [1.165, 1.54) is 22.0 Å². The molecule has 26 heavy (non-hydrogen) atoms. The Morgan fingerprint density at radius 3 is 2.69 bits per heavy atom. The molecule has 3 aromatic rings. The number of amides is 1. The summed E-state index contributed by atoms with van der Waals surface area (Å²) in [6.45, 7) is 4.03. The fourth-order valence-electron chi connectivity index (χ4n) is 2.38. The molecule has 0 radical (unpaired) electrons. The molecule has 7 heteroatoms. The number of aromatic nitrogens is 2. The highest BCUT2D eigenvalue weighted by Crippen LogP contribution is 2.24. The molecule has 1 aromatic heterocycles. The van der Waals surface area contributed by atoms with Gasteiger partial charge < -0.3 is 14.9 Å². The third-order valence-electron chi connectivity index (χ3n) is 3.93. The molecular weight excluding hydrogens is 350 g/mol. The monoisotopic (exact) mass is 369 g/mol. The van der Waals surface area contributed by atoms with E-state index in [0.717, 1.165) is 16.9 Å². The standard InChI is InChI=1S/C19H19N3O3S/c1-13-8-9-15(12-14(13)2)20-17(23)10-11-26-18-19(24)25-21-22(18)16-6-4-3-5-7-16/h3-9,12H,10-11H2,1-2H3,(H-,20,21,23,24). The van der Waals surface area contributed by atoms with Gasteiger partial charge in [-0.3, -0.25) is 4.79 Å². The zero-order valence-corrected chi connectivity index (χ0v) is 15.4. The molecule has 1 N–H and O–H groups in total. The van der Waals surface area contributed by atoms with Crippen molar-refractivity contribution < 1.29 is 19.1 Å². The molecule has 0 bridgehead atoms. The SMILES string of the molecule is Cc1ccc(NC(=O)CCSc2c([O-])on[n+]2-c2ccccc2)cc1C. The first-order valence-corrected chi connectivity index (χ1v) is 9.17. The minimum atomic E-state index is -0.506. The molecule has 0 aliphatic carbocycles. The van der Waals surface area contributed by atoms with Crippen LogP contribution in [0.25, 0.3) is 5.69 Å². The summed E-state index contributed by atoms with van der Waals surface area (Å²) in [6.07, 6.45) is 0.275. The lowest BCUT2D eigenvalue weighted by molar-refractivity contribution is -0.705. The number of para-hydroxylation sites is 1. The maximum atomic E-state index is 12.1. The Kier molecular flexibility index (Phi) is 5.58. The molecule has 1 amide bonds. The van der Waals surface area contributed by atoms with Gasteiger partial charge in [0.2, 0.25) is 11.6 Å². The Labute approximate surface area is 155 Å². The fraction of sp³-hybridized carbons (Fsp3) is 0.211. The molecule has 134 valence electrons. The molecule has 0 unspecified atom stereocenters. The summed E-state index contributed by atoms with van der Waals surface area (Å²) >= 11 is 1.25. The van der Waals surface area contributed by atoms with Gasteiger partial charge in [-0.2, -0.15) is 0 Å². The number of carbonyl (C=O) groups excluding carboxylic acids is 1. The molecule has 0 fully saturated rings. The molecule has 0 saturated heterocycles. The third kappa shape index (κ3) is 4.23. The Hall–Kier alpha value is -2.80. The van der Waals surface area contributed by atoms with E-state index in [0.29, 0.717) is 10.8 Å². The van der Waals surface area contributed by atoms with Gasteiger partial charge >= 0.3 is 0 Å². The van der Waals surface area contributed by atoms with Crippen molar-refractivity contribution in [3.63, 3.8) is 0 Å². The van der Waals surface area contributed by atoms with E-state index < -0.39 is 5.95 Å². The second kappa shape index (κ2) is 8.05. The average Bonchev–Trinajstić information content (AvgIpc) is 3.00. The Balaban J connectivity index is 1.59. The van der Waals surface area contributed by atoms with Crippen LogP contribution in [0, 0.1) is 13.8 Å². The molecule has 2 aromatic carbocycles. The van der Waals surface area contributed by atoms with Crippen LogP contribution in [-0.4, -0.2) is 16.9 Å². The second-order valence-corrected chi connectivity index (χ2v) is 6.94. The van der Waals surface area contributed by atoms with Crippen LogP contribution >= 0.6 is 11.8 Å². The van der Waals surface area contributed by atoms with Gasteiger partial charge in [0.15, 0.2) is 5.95 Å². The van der Waals surface area contributed by atoms with Crippen molar-refractivity contribution in [1.82, 2.24) is 5.27 Å². The summed E-state index contributed by atoms with van der Waals surface area (Å²) in [7, 11) is 0. The van der Waals surface area contributed by atoms with Crippen LogP contribution < -0.4 is 15.1 Å². The van der Waals surface area contributed by atoms with E-state index in [1.807, 2.05) is 62.4 Å². The summed E-state index contributed by atoms with van der Waals surface area (Å²) in [6, 6.07) is 15.1. The van der Waals surface area contributed by atoms with Crippen molar-refractivity contribution in [1.29, 1.82) is 0 Å². The van der Waals surface area contributed by atoms with Gasteiger partial charge in [-0.15, -0.1) is 0 Å². The summed E-state index contributed by atoms with van der Waals surface area (Å²) < 4.78 is 6.22. The van der Waals surface area contributed by atoms with E-state index >= 15 is 0 Å². The Morgan fingerprint density at radius 1 is 1.19 bits per heavy atom. The van der Waals surface area contributed by atoms with Gasteiger partial charge in [0.1, 0.15) is 0 Å². The quantitative estimate of drug-likeness (QED) is 0.534. The lowest BCUT2D eigenvalue weighted by Gasteiger charge is -2.07. The number of anilines is 1. The zero-order chi connectivity index (χ0) is 18.5. The smallest absolute Gasteiger partial charge is 0.297 e. The number of carbonyl (C=O) groups is 1. The second-order valence-electron chi connectivity index (χ2n) is 5.86. The summed E-state index contributed by atoms with van der Waals surface area (Å²) in [4.78, 5) is 12.1. The number of benzene rings is 2. The average molecular weight is 369 g/mol. The number of hydrogen-bond donors (Lipinski definition) is 1. The number of aryl methyl sites for hydroxylation is 2. The highest BCUT2D eigenvalue weighted by Gasteiger charge is 2.20. The zero-order valence-electron chi connectivity index (χ0n) is 14.6. The largest absolute Gasteiger partial charge is 0.538 e. The van der Waals surface area contributed by atoms with Crippen molar-refractivity contribution in [3.8, 4) is 11.6 Å². The molecular formula is C19H19N3O3S. The van der Waals surface area contributed by atoms with E-state index in [1.54, 1.807) is 0 Å². The van der Waals surface area contributed by atoms with Crippen LogP contribution in [0.2, 0.25) is 0 Å². The number of thioether (sulfide) groups is 1. The molecule has 1 heterocycles. The molecule has 0 spiro atoms. The van der Waals surface area contributed by atoms with Crippen LogP contribution in [-0.2, 0) is 4.79 Å². The number of hydrogen-bond acceptors (Lipinski definition) is 5. The Morgan fingerprint density at radius 2 is 1.96 bits per heavy atom. The highest BCUT2D eigenvalue weighted by atomic mass is 32.2. The lowest BCUT2D eigenvalue weighted by Crippen LogP contribution is -2.34. The van der Waals surface area contributed by atoms with Crippen molar-refractivity contribution in [2.24, 2.45) is 0 Å². The maximum absolute atomic E-state index is 12.1. The fourth-order valence-corrected chi connectivity index (χ4v) is 3.27. The van der Waals surface area contributed by atoms with Gasteiger partial charge in [-0.05, 0) is 41.8 Å². The summed E-state index contributed by atoms with van der Waals surface area (Å²) in [5.41, 5.74) is 3.82. The van der Waals surface area contributed by atoms with Gasteiger partial charge in [0.05, 0.1) is 5.27 Å². The van der Waals surface area contributed by atoms with Gasteiger partial charge in [0.25, 0.3) is 5.03 Å². The minimum Gasteiger partial charge on any atom is -0.538 e. The van der Waals surface area contributed by atoms with Crippen LogP contribution in [0.4, 0.5) is 5.69 Å². The number of nitrogens with zero attached hydrogens (tertiary/aromatic N) is 2. The normalized spacial score (nSPS) is 10.7. The van der Waals surface area contributed by atoms with Crippen LogP contribution in [0.5, 0.6) is 5.95 Å². The number of rotatable bonds is 6. The molecule has 3 rings (SSSR count). The highest BCUT2D eigenvalue weighted by molar-refractivity contribution is 7.99. The summed E-state index contributed by atoms with van der Waals surface area (Å²) in [5.74, 6) is -0.163. The number of nitrogens with one attached hydrogen (secondary N) is 1. The Bertz CT molecular complexity index is 910. The van der Waals surface area contributed by atoms with Crippen molar-refractivity contribution >= 4 is 23.4 Å². The van der Waals surface area contributed by atoms with E-state index in [9.17, 15) is 9.90 Å².